The molecule has 0 aliphatic heterocycles. The van der Waals surface area contributed by atoms with Gasteiger partial charge in [0.15, 0.2) is 5.96 Å². The standard InChI is InChI=1S/C15H29N5S.HI/c1-7-16-14(17-8-9-19-15(4,5)6)18-10-13-11(2)20-12(3)21-13;/h19H,7-10H2,1-6H3,(H2,16,17,18);1H. The van der Waals surface area contributed by atoms with Crippen molar-refractivity contribution < 1.29 is 0 Å². The van der Waals surface area contributed by atoms with E-state index in [-0.39, 0.29) is 29.5 Å². The van der Waals surface area contributed by atoms with E-state index in [0.29, 0.717) is 6.54 Å². The van der Waals surface area contributed by atoms with E-state index in [1.54, 1.807) is 11.3 Å². The van der Waals surface area contributed by atoms with Crippen molar-refractivity contribution in [3.63, 3.8) is 0 Å². The molecule has 5 nitrogen and oxygen atoms in total. The lowest BCUT2D eigenvalue weighted by Gasteiger charge is -2.21. The molecule has 1 aromatic heterocycles. The Kier molecular flexibility index (Phi) is 10.2. The summed E-state index contributed by atoms with van der Waals surface area (Å²) in [5.74, 6) is 0.860. The largest absolute Gasteiger partial charge is 0.357 e. The molecular weight excluding hydrogens is 409 g/mol. The van der Waals surface area contributed by atoms with Crippen LogP contribution < -0.4 is 16.0 Å². The number of nitrogens with zero attached hydrogens (tertiary/aromatic N) is 2. The summed E-state index contributed by atoms with van der Waals surface area (Å²) >= 11 is 1.72. The first kappa shape index (κ1) is 21.6. The highest BCUT2D eigenvalue weighted by atomic mass is 127. The molecule has 0 atom stereocenters. The topological polar surface area (TPSA) is 61.3 Å². The fourth-order valence-corrected chi connectivity index (χ4v) is 2.69. The van der Waals surface area contributed by atoms with Crippen LogP contribution in [0.2, 0.25) is 0 Å². The van der Waals surface area contributed by atoms with Crippen LogP contribution in [0.5, 0.6) is 0 Å². The highest BCUT2D eigenvalue weighted by molar-refractivity contribution is 14.0. The molecule has 0 fully saturated rings. The number of aryl methyl sites for hydroxylation is 2. The number of rotatable bonds is 6. The second kappa shape index (κ2) is 10.4. The molecule has 0 aliphatic rings. The fourth-order valence-electron chi connectivity index (χ4n) is 1.83. The van der Waals surface area contributed by atoms with Gasteiger partial charge in [-0.25, -0.2) is 9.98 Å². The van der Waals surface area contributed by atoms with Crippen molar-refractivity contribution in [3.05, 3.63) is 15.6 Å². The highest BCUT2D eigenvalue weighted by Gasteiger charge is 2.08. The van der Waals surface area contributed by atoms with Crippen molar-refractivity contribution in [1.82, 2.24) is 20.9 Å². The summed E-state index contributed by atoms with van der Waals surface area (Å²) in [5.41, 5.74) is 1.24. The van der Waals surface area contributed by atoms with Gasteiger partial charge in [0.2, 0.25) is 0 Å². The Hall–Kier alpha value is -0.410. The molecule has 22 heavy (non-hydrogen) atoms. The Morgan fingerprint density at radius 2 is 1.86 bits per heavy atom. The third kappa shape index (κ3) is 8.89. The van der Waals surface area contributed by atoms with Gasteiger partial charge in [-0.2, -0.15) is 0 Å². The van der Waals surface area contributed by atoms with Crippen LogP contribution >= 0.6 is 35.3 Å². The second-order valence-electron chi connectivity index (χ2n) is 6.04. The molecule has 0 unspecified atom stereocenters. The van der Waals surface area contributed by atoms with Gasteiger partial charge >= 0.3 is 0 Å². The molecule has 0 aromatic carbocycles. The molecule has 0 saturated carbocycles. The molecule has 1 heterocycles. The van der Waals surface area contributed by atoms with Crippen LogP contribution in [0.1, 0.15) is 43.3 Å². The predicted octanol–water partition coefficient (Wildman–Crippen LogP) is 2.82. The Labute approximate surface area is 155 Å². The first-order chi connectivity index (χ1) is 9.81. The fraction of sp³-hybridized carbons (Fsp3) is 0.733. The van der Waals surface area contributed by atoms with Crippen LogP contribution in [0.15, 0.2) is 4.99 Å². The molecule has 0 bridgehead atoms. The van der Waals surface area contributed by atoms with Crippen LogP contribution in [0.3, 0.4) is 0 Å². The number of aliphatic imine (C=N–C) groups is 1. The summed E-state index contributed by atoms with van der Waals surface area (Å²) in [6.45, 7) is 16.0. The second-order valence-corrected chi connectivity index (χ2v) is 7.33. The average molecular weight is 439 g/mol. The number of hydrogen-bond acceptors (Lipinski definition) is 4. The normalized spacial score (nSPS) is 12.0. The molecular formula is C15H30IN5S. The zero-order valence-electron chi connectivity index (χ0n) is 14.5. The van der Waals surface area contributed by atoms with Gasteiger partial charge in [0.25, 0.3) is 0 Å². The Bertz CT molecular complexity index is 465. The zero-order valence-corrected chi connectivity index (χ0v) is 17.7. The quantitative estimate of drug-likeness (QED) is 0.276. The van der Waals surface area contributed by atoms with E-state index >= 15 is 0 Å². The molecule has 0 amide bonds. The van der Waals surface area contributed by atoms with Crippen molar-refractivity contribution in [3.8, 4) is 0 Å². The third-order valence-corrected chi connectivity index (χ3v) is 3.85. The van der Waals surface area contributed by atoms with Gasteiger partial charge in [-0.15, -0.1) is 35.3 Å². The first-order valence-electron chi connectivity index (χ1n) is 7.52. The Morgan fingerprint density at radius 1 is 1.18 bits per heavy atom. The summed E-state index contributed by atoms with van der Waals surface area (Å²) in [6.07, 6.45) is 0. The summed E-state index contributed by atoms with van der Waals surface area (Å²) < 4.78 is 0. The van der Waals surface area contributed by atoms with Crippen LogP contribution in [0, 0.1) is 13.8 Å². The monoisotopic (exact) mass is 439 g/mol. The minimum Gasteiger partial charge on any atom is -0.357 e. The molecule has 1 aromatic rings. The van der Waals surface area contributed by atoms with Crippen molar-refractivity contribution in [2.75, 3.05) is 19.6 Å². The predicted molar refractivity (Wildman–Crippen MR) is 108 cm³/mol. The number of guanidine groups is 1. The van der Waals surface area contributed by atoms with Gasteiger partial charge in [0.1, 0.15) is 0 Å². The van der Waals surface area contributed by atoms with E-state index < -0.39 is 0 Å². The minimum absolute atomic E-state index is 0. The van der Waals surface area contributed by atoms with Crippen molar-refractivity contribution in [2.24, 2.45) is 4.99 Å². The van der Waals surface area contributed by atoms with E-state index in [2.05, 4.69) is 53.6 Å². The smallest absolute Gasteiger partial charge is 0.191 e. The van der Waals surface area contributed by atoms with Crippen molar-refractivity contribution >= 4 is 41.3 Å². The van der Waals surface area contributed by atoms with Gasteiger partial charge < -0.3 is 16.0 Å². The minimum atomic E-state index is 0. The first-order valence-corrected chi connectivity index (χ1v) is 8.33. The molecule has 7 heteroatoms. The van der Waals surface area contributed by atoms with Crippen LogP contribution in [0.25, 0.3) is 0 Å². The molecule has 0 aliphatic carbocycles. The maximum atomic E-state index is 4.63. The summed E-state index contributed by atoms with van der Waals surface area (Å²) in [4.78, 5) is 10.3. The number of nitrogens with one attached hydrogen (secondary N) is 3. The molecule has 128 valence electrons. The van der Waals surface area contributed by atoms with Crippen LogP contribution in [-0.2, 0) is 6.54 Å². The Morgan fingerprint density at radius 3 is 2.36 bits per heavy atom. The van der Waals surface area contributed by atoms with Crippen LogP contribution in [-0.4, -0.2) is 36.1 Å². The van der Waals surface area contributed by atoms with E-state index in [9.17, 15) is 0 Å². The van der Waals surface area contributed by atoms with Gasteiger partial charge in [0, 0.05) is 30.1 Å². The zero-order chi connectivity index (χ0) is 15.9. The lowest BCUT2D eigenvalue weighted by Crippen LogP contribution is -2.44. The van der Waals surface area contributed by atoms with E-state index in [0.717, 1.165) is 36.3 Å². The molecule has 0 spiro atoms. The van der Waals surface area contributed by atoms with E-state index in [1.165, 1.54) is 4.88 Å². The Balaban J connectivity index is 0.00000441. The molecule has 1 rings (SSSR count). The SMILES string of the molecule is CCNC(=NCc1sc(C)nc1C)NCCNC(C)(C)C.I. The number of thiazole rings is 1. The van der Waals surface area contributed by atoms with Crippen LogP contribution in [0.4, 0.5) is 0 Å². The molecule has 0 radical (unpaired) electrons. The molecule has 3 N–H and O–H groups in total. The maximum Gasteiger partial charge on any atom is 0.191 e. The highest BCUT2D eigenvalue weighted by Crippen LogP contribution is 2.17. The third-order valence-electron chi connectivity index (χ3n) is 2.80. The summed E-state index contributed by atoms with van der Waals surface area (Å²) in [7, 11) is 0. The van der Waals surface area contributed by atoms with E-state index in [4.69, 9.17) is 0 Å². The van der Waals surface area contributed by atoms with Crippen molar-refractivity contribution in [2.45, 2.75) is 53.6 Å². The maximum absolute atomic E-state index is 4.63. The number of aromatic nitrogens is 1. The number of hydrogen-bond donors (Lipinski definition) is 3. The van der Waals surface area contributed by atoms with Gasteiger partial charge in [-0.05, 0) is 41.5 Å². The van der Waals surface area contributed by atoms with Gasteiger partial charge in [-0.1, -0.05) is 0 Å². The summed E-state index contributed by atoms with van der Waals surface area (Å²) in [5, 5.41) is 11.2. The average Bonchev–Trinajstić information content (AvgIpc) is 2.69. The molecule has 0 saturated heterocycles. The lowest BCUT2D eigenvalue weighted by atomic mass is 10.1. The van der Waals surface area contributed by atoms with Gasteiger partial charge in [0.05, 0.1) is 17.2 Å². The van der Waals surface area contributed by atoms with Gasteiger partial charge in [-0.3, -0.25) is 0 Å². The number of halogens is 1. The summed E-state index contributed by atoms with van der Waals surface area (Å²) in [6, 6.07) is 0. The lowest BCUT2D eigenvalue weighted by molar-refractivity contribution is 0.428. The van der Waals surface area contributed by atoms with E-state index in [1.807, 2.05) is 13.8 Å². The van der Waals surface area contributed by atoms with Crippen molar-refractivity contribution in [1.29, 1.82) is 0 Å².